The lowest BCUT2D eigenvalue weighted by atomic mass is 10.1. The van der Waals surface area contributed by atoms with Gasteiger partial charge in [-0.3, -0.25) is 0 Å². The van der Waals surface area contributed by atoms with Crippen LogP contribution < -0.4 is 5.32 Å². The van der Waals surface area contributed by atoms with Crippen LogP contribution in [0, 0.1) is 13.8 Å². The van der Waals surface area contributed by atoms with Gasteiger partial charge in [-0.15, -0.1) is 10.2 Å². The Balaban J connectivity index is 1.78. The number of aryl methyl sites for hydroxylation is 2. The van der Waals surface area contributed by atoms with Gasteiger partial charge in [-0.25, -0.2) is 4.98 Å². The van der Waals surface area contributed by atoms with E-state index in [2.05, 4.69) is 39.6 Å². The summed E-state index contributed by atoms with van der Waals surface area (Å²) in [7, 11) is 0. The standard InChI is InChI=1S/C16H20N4O/c1-11-5-3-6-13(9-11)16-18-15(12(2)19-20-16)17-10-14-7-4-8-21-14/h3,5-6,9,14H,4,7-8,10H2,1-2H3,(H,17,18,20)/t14-/m1/s1. The molecule has 0 spiro atoms. The van der Waals surface area contributed by atoms with Gasteiger partial charge >= 0.3 is 0 Å². The van der Waals surface area contributed by atoms with Gasteiger partial charge in [0.05, 0.1) is 6.10 Å². The highest BCUT2D eigenvalue weighted by Gasteiger charge is 2.16. The maximum absolute atomic E-state index is 5.62. The van der Waals surface area contributed by atoms with Crippen LogP contribution in [0.4, 0.5) is 5.82 Å². The van der Waals surface area contributed by atoms with Crippen molar-refractivity contribution in [2.24, 2.45) is 0 Å². The molecule has 5 nitrogen and oxygen atoms in total. The summed E-state index contributed by atoms with van der Waals surface area (Å²) in [6.45, 7) is 5.61. The third-order valence-electron chi connectivity index (χ3n) is 3.65. The highest BCUT2D eigenvalue weighted by atomic mass is 16.5. The Hall–Kier alpha value is -2.01. The van der Waals surface area contributed by atoms with E-state index >= 15 is 0 Å². The molecule has 1 aliphatic rings. The third-order valence-corrected chi connectivity index (χ3v) is 3.65. The van der Waals surface area contributed by atoms with Gasteiger partial charge in [0.1, 0.15) is 5.69 Å². The van der Waals surface area contributed by atoms with Crippen molar-refractivity contribution in [2.75, 3.05) is 18.5 Å². The zero-order valence-electron chi connectivity index (χ0n) is 12.5. The normalized spacial score (nSPS) is 17.9. The van der Waals surface area contributed by atoms with E-state index < -0.39 is 0 Å². The molecule has 1 N–H and O–H groups in total. The number of hydrogen-bond donors (Lipinski definition) is 1. The minimum Gasteiger partial charge on any atom is -0.376 e. The average molecular weight is 284 g/mol. The summed E-state index contributed by atoms with van der Waals surface area (Å²) in [6.07, 6.45) is 2.53. The molecule has 1 saturated heterocycles. The number of nitrogens with zero attached hydrogens (tertiary/aromatic N) is 3. The minimum atomic E-state index is 0.279. The first-order chi connectivity index (χ1) is 10.2. The second-order valence-electron chi connectivity index (χ2n) is 5.45. The fourth-order valence-corrected chi connectivity index (χ4v) is 2.47. The van der Waals surface area contributed by atoms with E-state index in [1.54, 1.807) is 0 Å². The maximum Gasteiger partial charge on any atom is 0.183 e. The number of aromatic nitrogens is 3. The summed E-state index contributed by atoms with van der Waals surface area (Å²) in [6, 6.07) is 8.13. The molecule has 2 aromatic rings. The van der Waals surface area contributed by atoms with Crippen molar-refractivity contribution in [1.29, 1.82) is 0 Å². The molecule has 21 heavy (non-hydrogen) atoms. The number of ether oxygens (including phenoxy) is 1. The molecule has 1 aliphatic heterocycles. The van der Waals surface area contributed by atoms with E-state index in [4.69, 9.17) is 4.74 Å². The topological polar surface area (TPSA) is 59.9 Å². The van der Waals surface area contributed by atoms with Crippen molar-refractivity contribution in [3.8, 4) is 11.4 Å². The van der Waals surface area contributed by atoms with E-state index in [-0.39, 0.29) is 6.10 Å². The molecular formula is C16H20N4O. The predicted molar refractivity (Wildman–Crippen MR) is 82.2 cm³/mol. The lowest BCUT2D eigenvalue weighted by Crippen LogP contribution is -2.20. The Morgan fingerprint density at radius 2 is 2.19 bits per heavy atom. The first kappa shape index (κ1) is 13.9. The van der Waals surface area contributed by atoms with E-state index in [0.717, 1.165) is 43.1 Å². The Morgan fingerprint density at radius 1 is 1.29 bits per heavy atom. The van der Waals surface area contributed by atoms with Crippen molar-refractivity contribution in [3.63, 3.8) is 0 Å². The third kappa shape index (κ3) is 3.36. The lowest BCUT2D eigenvalue weighted by Gasteiger charge is -2.13. The van der Waals surface area contributed by atoms with Gasteiger partial charge < -0.3 is 10.1 Å². The Morgan fingerprint density at radius 3 is 2.95 bits per heavy atom. The number of rotatable bonds is 4. The van der Waals surface area contributed by atoms with Crippen LogP contribution in [0.3, 0.4) is 0 Å². The number of hydrogen-bond acceptors (Lipinski definition) is 5. The Bertz CT molecular complexity index is 623. The molecule has 1 atom stereocenters. The molecule has 0 bridgehead atoms. The first-order valence-corrected chi connectivity index (χ1v) is 7.36. The zero-order chi connectivity index (χ0) is 14.7. The molecule has 1 fully saturated rings. The van der Waals surface area contributed by atoms with Gasteiger partial charge in [0.25, 0.3) is 0 Å². The molecule has 1 aromatic heterocycles. The monoisotopic (exact) mass is 284 g/mol. The lowest BCUT2D eigenvalue weighted by molar-refractivity contribution is 0.120. The molecular weight excluding hydrogens is 264 g/mol. The van der Waals surface area contributed by atoms with Crippen LogP contribution in [-0.2, 0) is 4.74 Å². The molecule has 3 rings (SSSR count). The maximum atomic E-state index is 5.62. The highest BCUT2D eigenvalue weighted by Crippen LogP contribution is 2.19. The SMILES string of the molecule is Cc1cccc(-c2nnc(C)c(NC[C@H]3CCCO3)n2)c1. The van der Waals surface area contributed by atoms with Crippen LogP contribution in [0.15, 0.2) is 24.3 Å². The summed E-state index contributed by atoms with van der Waals surface area (Å²) >= 11 is 0. The number of anilines is 1. The van der Waals surface area contributed by atoms with Gasteiger partial charge in [-0.05, 0) is 32.8 Å². The van der Waals surface area contributed by atoms with Crippen molar-refractivity contribution in [1.82, 2.24) is 15.2 Å². The molecule has 0 amide bonds. The summed E-state index contributed by atoms with van der Waals surface area (Å²) < 4.78 is 5.62. The minimum absolute atomic E-state index is 0.279. The quantitative estimate of drug-likeness (QED) is 0.935. The fourth-order valence-electron chi connectivity index (χ4n) is 2.47. The van der Waals surface area contributed by atoms with E-state index in [1.807, 2.05) is 19.1 Å². The van der Waals surface area contributed by atoms with Crippen LogP contribution >= 0.6 is 0 Å². The van der Waals surface area contributed by atoms with Gasteiger partial charge in [-0.2, -0.15) is 0 Å². The van der Waals surface area contributed by atoms with E-state index in [0.29, 0.717) is 5.82 Å². The second-order valence-corrected chi connectivity index (χ2v) is 5.45. The number of benzene rings is 1. The van der Waals surface area contributed by atoms with Gasteiger partial charge in [-0.1, -0.05) is 23.8 Å². The van der Waals surface area contributed by atoms with Crippen LogP contribution in [0.5, 0.6) is 0 Å². The van der Waals surface area contributed by atoms with Crippen molar-refractivity contribution < 1.29 is 4.74 Å². The molecule has 5 heteroatoms. The summed E-state index contributed by atoms with van der Waals surface area (Å²) in [4.78, 5) is 4.60. The van der Waals surface area contributed by atoms with Gasteiger partial charge in [0, 0.05) is 18.7 Å². The predicted octanol–water partition coefficient (Wildman–Crippen LogP) is 2.75. The Labute approximate surface area is 124 Å². The van der Waals surface area contributed by atoms with Crippen LogP contribution in [0.25, 0.3) is 11.4 Å². The van der Waals surface area contributed by atoms with Crippen LogP contribution in [0.1, 0.15) is 24.1 Å². The second kappa shape index (κ2) is 6.18. The van der Waals surface area contributed by atoms with Gasteiger partial charge in [0.15, 0.2) is 11.6 Å². The van der Waals surface area contributed by atoms with Crippen molar-refractivity contribution in [3.05, 3.63) is 35.5 Å². The summed E-state index contributed by atoms with van der Waals surface area (Å²) in [5, 5.41) is 11.8. The van der Waals surface area contributed by atoms with Crippen LogP contribution in [0.2, 0.25) is 0 Å². The number of nitrogens with one attached hydrogen (secondary N) is 1. The molecule has 1 aromatic carbocycles. The van der Waals surface area contributed by atoms with Crippen molar-refractivity contribution in [2.45, 2.75) is 32.8 Å². The molecule has 110 valence electrons. The molecule has 0 unspecified atom stereocenters. The largest absolute Gasteiger partial charge is 0.376 e. The first-order valence-electron chi connectivity index (χ1n) is 7.36. The highest BCUT2D eigenvalue weighted by molar-refractivity contribution is 5.58. The summed E-state index contributed by atoms with van der Waals surface area (Å²) in [5.41, 5.74) is 2.98. The van der Waals surface area contributed by atoms with E-state index in [9.17, 15) is 0 Å². The van der Waals surface area contributed by atoms with Crippen molar-refractivity contribution >= 4 is 5.82 Å². The molecule has 0 radical (unpaired) electrons. The van der Waals surface area contributed by atoms with Crippen LogP contribution in [-0.4, -0.2) is 34.4 Å². The zero-order valence-corrected chi connectivity index (χ0v) is 12.5. The molecule has 2 heterocycles. The smallest absolute Gasteiger partial charge is 0.183 e. The molecule has 0 aliphatic carbocycles. The Kier molecular flexibility index (Phi) is 4.10. The van der Waals surface area contributed by atoms with Gasteiger partial charge in [0.2, 0.25) is 0 Å². The molecule has 0 saturated carbocycles. The summed E-state index contributed by atoms with van der Waals surface area (Å²) in [5.74, 6) is 1.44. The fraction of sp³-hybridized carbons (Fsp3) is 0.438. The average Bonchev–Trinajstić information content (AvgIpc) is 3.00. The van der Waals surface area contributed by atoms with E-state index in [1.165, 1.54) is 5.56 Å².